The number of rotatable bonds is 2. The first-order chi connectivity index (χ1) is 3.13. The molecule has 0 fully saturated rings. The second-order valence-electron chi connectivity index (χ2n) is 1.09. The fourth-order valence-corrected chi connectivity index (χ4v) is 0.595. The van der Waals surface area contributed by atoms with Crippen molar-refractivity contribution in [2.24, 2.45) is 0 Å². The van der Waals surface area contributed by atoms with Gasteiger partial charge >= 0.3 is 0 Å². The molecule has 0 rings (SSSR count). The van der Waals surface area contributed by atoms with Crippen LogP contribution in [0.25, 0.3) is 0 Å². The van der Waals surface area contributed by atoms with Crippen LogP contribution in [0.1, 0.15) is 0 Å². The van der Waals surface area contributed by atoms with Gasteiger partial charge in [-0.1, -0.05) is 0 Å². The molecule has 0 bridgehead atoms. The maximum absolute atomic E-state index is 9.94. The maximum Gasteiger partial charge on any atom is -0.00165 e. The van der Waals surface area contributed by atoms with Crippen LogP contribution in [0.15, 0.2) is 0 Å². The highest BCUT2D eigenvalue weighted by molar-refractivity contribution is 7.32. The van der Waals surface area contributed by atoms with Crippen molar-refractivity contribution in [2.75, 3.05) is 14.1 Å². The van der Waals surface area contributed by atoms with Gasteiger partial charge in [0, 0.05) is 0 Å². The topological polar surface area (TPSA) is 52.6 Å². The monoisotopic (exact) mass is 122 g/mol. The standard InChI is InChI=1S/C2H7N2O2P/c1-3(5)7-4(2)6/h7H,1-2H3/q-2. The van der Waals surface area contributed by atoms with Crippen molar-refractivity contribution in [3.63, 3.8) is 0 Å². The summed E-state index contributed by atoms with van der Waals surface area (Å²) < 4.78 is 0. The van der Waals surface area contributed by atoms with Crippen molar-refractivity contribution in [3.05, 3.63) is 10.4 Å². The minimum absolute atomic E-state index is 0.299. The third kappa shape index (κ3) is 6.27. The molecule has 44 valence electrons. The molecule has 0 atom stereocenters. The Morgan fingerprint density at radius 2 is 1.43 bits per heavy atom. The lowest BCUT2D eigenvalue weighted by atomic mass is 11.5. The van der Waals surface area contributed by atoms with Gasteiger partial charge in [-0.25, -0.2) is 0 Å². The van der Waals surface area contributed by atoms with Gasteiger partial charge in [0.2, 0.25) is 0 Å². The molecular weight excluding hydrogens is 115 g/mol. The van der Waals surface area contributed by atoms with Crippen molar-refractivity contribution in [2.45, 2.75) is 0 Å². The quantitative estimate of drug-likeness (QED) is 0.391. The smallest absolute Gasteiger partial charge is 0.00165 e. The third-order valence-electron chi connectivity index (χ3n) is 0.282. The molecule has 0 aromatic rings. The molecule has 0 spiro atoms. The second kappa shape index (κ2) is 3.29. The van der Waals surface area contributed by atoms with E-state index < -0.39 is 0 Å². The summed E-state index contributed by atoms with van der Waals surface area (Å²) in [5.74, 6) is 0. The molecule has 0 aliphatic carbocycles. The molecule has 0 radical (unpaired) electrons. The van der Waals surface area contributed by atoms with E-state index in [2.05, 4.69) is 0 Å². The average Bonchev–Trinajstić information content (AvgIpc) is 1.27. The second-order valence-corrected chi connectivity index (χ2v) is 2.55. The van der Waals surface area contributed by atoms with E-state index in [4.69, 9.17) is 0 Å². The van der Waals surface area contributed by atoms with Crippen LogP contribution in [0.5, 0.6) is 0 Å². The van der Waals surface area contributed by atoms with Crippen molar-refractivity contribution in [1.29, 1.82) is 0 Å². The summed E-state index contributed by atoms with van der Waals surface area (Å²) in [5.41, 5.74) is 0. The molecule has 0 aromatic heterocycles. The summed E-state index contributed by atoms with van der Waals surface area (Å²) in [7, 11) is 2.33. The Morgan fingerprint density at radius 3 is 1.43 bits per heavy atom. The number of hydrogen-bond acceptors (Lipinski definition) is 4. The fraction of sp³-hybridized carbons (Fsp3) is 1.00. The lowest BCUT2D eigenvalue weighted by molar-refractivity contribution is 0.669. The maximum atomic E-state index is 9.94. The van der Waals surface area contributed by atoms with Crippen LogP contribution in [0.3, 0.4) is 0 Å². The molecular formula is C2H7N2O2P-2. The first-order valence-corrected chi connectivity index (χ1v) is 2.60. The molecule has 0 aromatic carbocycles. The Kier molecular flexibility index (Phi) is 3.42. The third-order valence-corrected chi connectivity index (χ3v) is 0.845. The zero-order valence-electron chi connectivity index (χ0n) is 4.21. The van der Waals surface area contributed by atoms with E-state index in [0.29, 0.717) is 9.67 Å². The molecule has 0 unspecified atom stereocenters. The van der Waals surface area contributed by atoms with Crippen molar-refractivity contribution < 1.29 is 0 Å². The molecule has 0 aliphatic heterocycles. The van der Waals surface area contributed by atoms with Gasteiger partial charge in [0.25, 0.3) is 0 Å². The Balaban J connectivity index is 2.95. The van der Waals surface area contributed by atoms with Crippen LogP contribution in [0.2, 0.25) is 0 Å². The van der Waals surface area contributed by atoms with Crippen molar-refractivity contribution in [1.82, 2.24) is 9.67 Å². The summed E-state index contributed by atoms with van der Waals surface area (Å²) in [6.45, 7) is 0. The number of hydrogen-bond donors (Lipinski definition) is 0. The van der Waals surface area contributed by atoms with Gasteiger partial charge in [-0.05, 0) is 23.0 Å². The van der Waals surface area contributed by atoms with Crippen molar-refractivity contribution >= 4 is 8.88 Å². The molecule has 5 heteroatoms. The highest BCUT2D eigenvalue weighted by Crippen LogP contribution is 2.15. The molecule has 0 saturated carbocycles. The Bertz CT molecular complexity index is 43.0. The van der Waals surface area contributed by atoms with Gasteiger partial charge < -0.3 is 20.1 Å². The normalized spacial score (nSPS) is 11.1. The van der Waals surface area contributed by atoms with Crippen LogP contribution in [-0.2, 0) is 0 Å². The molecule has 0 amide bonds. The zero-order valence-corrected chi connectivity index (χ0v) is 5.21. The van der Waals surface area contributed by atoms with Crippen LogP contribution in [0, 0.1) is 10.4 Å². The predicted octanol–water partition coefficient (Wildman–Crippen LogP) is 0.354. The summed E-state index contributed by atoms with van der Waals surface area (Å²) >= 11 is 0. The minimum atomic E-state index is -0.299. The highest BCUT2D eigenvalue weighted by atomic mass is 31.1. The van der Waals surface area contributed by atoms with Gasteiger partial charge in [-0.15, -0.1) is 0 Å². The van der Waals surface area contributed by atoms with Gasteiger partial charge in [-0.2, -0.15) is 0 Å². The van der Waals surface area contributed by atoms with Gasteiger partial charge in [0.05, 0.1) is 0 Å². The van der Waals surface area contributed by atoms with E-state index in [0.717, 1.165) is 0 Å². The van der Waals surface area contributed by atoms with Crippen LogP contribution in [-0.4, -0.2) is 23.8 Å². The number of nitrogens with zero attached hydrogens (tertiary/aromatic N) is 2. The largest absolute Gasteiger partial charge is 0.781 e. The van der Waals surface area contributed by atoms with Crippen molar-refractivity contribution in [3.8, 4) is 0 Å². The Morgan fingerprint density at radius 1 is 1.14 bits per heavy atom. The van der Waals surface area contributed by atoms with Gasteiger partial charge in [0.15, 0.2) is 0 Å². The van der Waals surface area contributed by atoms with E-state index in [1.165, 1.54) is 14.1 Å². The summed E-state index contributed by atoms with van der Waals surface area (Å²) in [6, 6.07) is 0. The lowest BCUT2D eigenvalue weighted by Crippen LogP contribution is -2.04. The average molecular weight is 122 g/mol. The Labute approximate surface area is 44.1 Å². The van der Waals surface area contributed by atoms with Crippen LogP contribution >= 0.6 is 8.88 Å². The molecule has 4 nitrogen and oxygen atoms in total. The summed E-state index contributed by atoms with van der Waals surface area (Å²) in [5, 5.41) is 19.9. The van der Waals surface area contributed by atoms with Gasteiger partial charge in [-0.3, -0.25) is 0 Å². The van der Waals surface area contributed by atoms with Crippen LogP contribution < -0.4 is 0 Å². The zero-order chi connectivity index (χ0) is 5.86. The Hall–Kier alpha value is 0.270. The molecule has 0 N–H and O–H groups in total. The van der Waals surface area contributed by atoms with Gasteiger partial charge in [0.1, 0.15) is 0 Å². The fourth-order valence-electron chi connectivity index (χ4n) is 0.198. The predicted molar refractivity (Wildman–Crippen MR) is 30.6 cm³/mol. The molecule has 0 saturated heterocycles. The minimum Gasteiger partial charge on any atom is -0.781 e. The number of hydroxylamine groups is 2. The lowest BCUT2D eigenvalue weighted by Gasteiger charge is -2.31. The molecule has 0 aliphatic rings. The highest BCUT2D eigenvalue weighted by Gasteiger charge is 1.75. The van der Waals surface area contributed by atoms with E-state index in [1.807, 2.05) is 0 Å². The molecule has 0 heterocycles. The van der Waals surface area contributed by atoms with E-state index in [9.17, 15) is 10.4 Å². The summed E-state index contributed by atoms with van der Waals surface area (Å²) in [6.07, 6.45) is 0. The van der Waals surface area contributed by atoms with E-state index in [-0.39, 0.29) is 8.88 Å². The summed E-state index contributed by atoms with van der Waals surface area (Å²) in [4.78, 5) is 1.18. The molecule has 7 heavy (non-hydrogen) atoms. The van der Waals surface area contributed by atoms with E-state index in [1.54, 1.807) is 0 Å². The SMILES string of the molecule is CN([O-])PN(C)[O-]. The van der Waals surface area contributed by atoms with E-state index >= 15 is 0 Å². The van der Waals surface area contributed by atoms with Crippen LogP contribution in [0.4, 0.5) is 0 Å². The first-order valence-electron chi connectivity index (χ1n) is 1.71. The first kappa shape index (κ1) is 7.27.